The minimum absolute atomic E-state index is 0.0604. The van der Waals surface area contributed by atoms with Crippen molar-refractivity contribution in [3.8, 4) is 22.8 Å². The summed E-state index contributed by atoms with van der Waals surface area (Å²) in [6, 6.07) is 8.53. The van der Waals surface area contributed by atoms with Gasteiger partial charge >= 0.3 is 0 Å². The summed E-state index contributed by atoms with van der Waals surface area (Å²) in [7, 11) is 3.88. The average Bonchev–Trinajstić information content (AvgIpc) is 3.49. The van der Waals surface area contributed by atoms with Gasteiger partial charge in [-0.05, 0) is 37.9 Å². The first-order valence-electron chi connectivity index (χ1n) is 11.8. The molecule has 192 valence electrons. The zero-order chi connectivity index (χ0) is 26.1. The molecule has 1 amide bonds. The van der Waals surface area contributed by atoms with E-state index in [1.54, 1.807) is 35.0 Å². The van der Waals surface area contributed by atoms with Crippen LogP contribution in [0.25, 0.3) is 28.1 Å². The Morgan fingerprint density at radius 1 is 1.19 bits per heavy atom. The van der Waals surface area contributed by atoms with Crippen molar-refractivity contribution >= 4 is 16.9 Å². The van der Waals surface area contributed by atoms with Gasteiger partial charge in [-0.3, -0.25) is 14.3 Å². The van der Waals surface area contributed by atoms with Crippen molar-refractivity contribution < 1.29 is 23.0 Å². The average molecular weight is 509 g/mol. The summed E-state index contributed by atoms with van der Waals surface area (Å²) < 4.78 is 39.4. The van der Waals surface area contributed by atoms with Crippen molar-refractivity contribution in [3.63, 3.8) is 0 Å². The molecule has 1 aliphatic heterocycles. The molecule has 4 aromatic rings. The SMILES string of the molecule is CC(F)Oc1cccc(-c2cn(-c3ncc(F)cn3)c3cc(C(=O)N[C@H]4COCC4N(C)C)cnc23)c1. The molecule has 0 saturated carbocycles. The van der Waals surface area contributed by atoms with Crippen LogP contribution in [0.1, 0.15) is 17.3 Å². The number of halogens is 2. The molecule has 37 heavy (non-hydrogen) atoms. The number of rotatable bonds is 7. The smallest absolute Gasteiger partial charge is 0.253 e. The van der Waals surface area contributed by atoms with Gasteiger partial charge in [0.2, 0.25) is 12.3 Å². The lowest BCUT2D eigenvalue weighted by Gasteiger charge is -2.24. The number of nitrogens with one attached hydrogen (secondary N) is 1. The summed E-state index contributed by atoms with van der Waals surface area (Å²) in [6.45, 7) is 2.26. The van der Waals surface area contributed by atoms with Crippen molar-refractivity contribution in [1.82, 2.24) is 29.7 Å². The Balaban J connectivity index is 1.57. The Labute approximate surface area is 212 Å². The lowest BCUT2D eigenvalue weighted by atomic mass is 10.1. The number of hydrogen-bond donors (Lipinski definition) is 1. The van der Waals surface area contributed by atoms with E-state index in [1.165, 1.54) is 13.1 Å². The van der Waals surface area contributed by atoms with E-state index < -0.39 is 12.2 Å². The molecular formula is C26H26F2N6O3. The monoisotopic (exact) mass is 508 g/mol. The molecule has 1 saturated heterocycles. The zero-order valence-electron chi connectivity index (χ0n) is 20.6. The summed E-state index contributed by atoms with van der Waals surface area (Å²) in [5, 5.41) is 3.03. The first-order chi connectivity index (χ1) is 17.8. The Morgan fingerprint density at radius 3 is 2.70 bits per heavy atom. The fraction of sp³-hybridized carbons (Fsp3) is 0.308. The first kappa shape index (κ1) is 24.7. The first-order valence-corrected chi connectivity index (χ1v) is 11.8. The van der Waals surface area contributed by atoms with Crippen molar-refractivity contribution in [3.05, 3.63) is 66.5 Å². The van der Waals surface area contributed by atoms with Gasteiger partial charge in [0.1, 0.15) is 5.75 Å². The van der Waals surface area contributed by atoms with E-state index in [-0.39, 0.29) is 23.9 Å². The van der Waals surface area contributed by atoms with Gasteiger partial charge in [0.05, 0.1) is 54.3 Å². The van der Waals surface area contributed by atoms with Crippen LogP contribution in [0.4, 0.5) is 8.78 Å². The minimum Gasteiger partial charge on any atom is -0.461 e. The van der Waals surface area contributed by atoms with E-state index in [4.69, 9.17) is 9.47 Å². The number of aromatic nitrogens is 4. The van der Waals surface area contributed by atoms with E-state index >= 15 is 0 Å². The van der Waals surface area contributed by atoms with Gasteiger partial charge in [0, 0.05) is 24.9 Å². The molecule has 2 unspecified atom stereocenters. The predicted molar refractivity (Wildman–Crippen MR) is 133 cm³/mol. The number of likely N-dealkylation sites (N-methyl/N-ethyl adjacent to an activating group) is 1. The molecule has 3 atom stereocenters. The Morgan fingerprint density at radius 2 is 1.97 bits per heavy atom. The maximum Gasteiger partial charge on any atom is 0.253 e. The van der Waals surface area contributed by atoms with E-state index in [0.29, 0.717) is 46.7 Å². The number of carbonyl (C=O) groups is 1. The van der Waals surface area contributed by atoms with Crippen LogP contribution in [0, 0.1) is 5.82 Å². The highest BCUT2D eigenvalue weighted by Gasteiger charge is 2.31. The quantitative estimate of drug-likeness (QED) is 0.409. The number of fused-ring (bicyclic) bond motifs is 1. The predicted octanol–water partition coefficient (Wildman–Crippen LogP) is 3.37. The summed E-state index contributed by atoms with van der Waals surface area (Å²) in [6.07, 6.45) is 3.91. The minimum atomic E-state index is -1.47. The van der Waals surface area contributed by atoms with E-state index in [1.807, 2.05) is 25.1 Å². The fourth-order valence-electron chi connectivity index (χ4n) is 4.40. The summed E-state index contributed by atoms with van der Waals surface area (Å²) in [5.41, 5.74) is 2.85. The highest BCUT2D eigenvalue weighted by atomic mass is 19.1. The van der Waals surface area contributed by atoms with Gasteiger partial charge in [-0.25, -0.2) is 18.7 Å². The molecule has 0 radical (unpaired) electrons. The molecule has 0 spiro atoms. The van der Waals surface area contributed by atoms with Gasteiger partial charge in [-0.1, -0.05) is 12.1 Å². The summed E-state index contributed by atoms with van der Waals surface area (Å²) in [4.78, 5) is 28.0. The molecule has 5 rings (SSSR count). The third kappa shape index (κ3) is 5.13. The third-order valence-electron chi connectivity index (χ3n) is 6.20. The molecule has 11 heteroatoms. The van der Waals surface area contributed by atoms with E-state index in [9.17, 15) is 13.6 Å². The number of alkyl halides is 1. The maximum absolute atomic E-state index is 13.5. The Hall–Kier alpha value is -3.96. The highest BCUT2D eigenvalue weighted by molar-refractivity contribution is 6.00. The number of carbonyl (C=O) groups excluding carboxylic acids is 1. The molecule has 3 aromatic heterocycles. The molecule has 1 fully saturated rings. The van der Waals surface area contributed by atoms with Crippen LogP contribution in [0.15, 0.2) is 55.1 Å². The normalized spacial score (nSPS) is 18.3. The van der Waals surface area contributed by atoms with Crippen molar-refractivity contribution in [2.24, 2.45) is 0 Å². The molecule has 1 aromatic carbocycles. The molecule has 4 heterocycles. The molecule has 9 nitrogen and oxygen atoms in total. The topological polar surface area (TPSA) is 94.4 Å². The van der Waals surface area contributed by atoms with Crippen molar-refractivity contribution in [2.45, 2.75) is 25.4 Å². The maximum atomic E-state index is 13.5. The highest BCUT2D eigenvalue weighted by Crippen LogP contribution is 2.33. The van der Waals surface area contributed by atoms with Crippen LogP contribution in [0.5, 0.6) is 5.75 Å². The van der Waals surface area contributed by atoms with Crippen LogP contribution in [-0.4, -0.2) is 76.1 Å². The fourth-order valence-corrected chi connectivity index (χ4v) is 4.40. The number of amides is 1. The molecule has 0 aliphatic carbocycles. The lowest BCUT2D eigenvalue weighted by Crippen LogP contribution is -2.48. The summed E-state index contributed by atoms with van der Waals surface area (Å²) >= 11 is 0. The van der Waals surface area contributed by atoms with Gasteiger partial charge in [-0.15, -0.1) is 0 Å². The second kappa shape index (κ2) is 10.2. The van der Waals surface area contributed by atoms with Crippen LogP contribution in [-0.2, 0) is 4.74 Å². The standard InChI is InChI=1S/C26H26F2N6O3/c1-15(27)37-19-6-4-5-16(7-19)20-12-34(26-30-10-18(28)11-31-26)22-8-17(9-29-24(20)22)25(35)32-21-13-36-14-23(21)33(2)3/h4-12,15,21,23H,13-14H2,1-3H3,(H,32,35)/t15?,21-,23?/m0/s1. The number of ether oxygens (including phenoxy) is 2. The van der Waals surface area contributed by atoms with Gasteiger partial charge in [0.15, 0.2) is 5.82 Å². The number of nitrogens with zero attached hydrogens (tertiary/aromatic N) is 5. The van der Waals surface area contributed by atoms with Gasteiger partial charge in [0.25, 0.3) is 5.91 Å². The van der Waals surface area contributed by atoms with Crippen LogP contribution >= 0.6 is 0 Å². The molecule has 0 bridgehead atoms. The van der Waals surface area contributed by atoms with Crippen molar-refractivity contribution in [1.29, 1.82) is 0 Å². The molecule has 1 aliphatic rings. The Kier molecular flexibility index (Phi) is 6.81. The largest absolute Gasteiger partial charge is 0.461 e. The zero-order valence-corrected chi connectivity index (χ0v) is 20.6. The van der Waals surface area contributed by atoms with Crippen molar-refractivity contribution in [2.75, 3.05) is 27.3 Å². The van der Waals surface area contributed by atoms with Gasteiger partial charge < -0.3 is 19.7 Å². The second-order valence-corrected chi connectivity index (χ2v) is 9.04. The molecule has 1 N–H and O–H groups in total. The summed E-state index contributed by atoms with van der Waals surface area (Å²) in [5.74, 6) is -0.299. The number of hydrogen-bond acceptors (Lipinski definition) is 7. The second-order valence-electron chi connectivity index (χ2n) is 9.04. The number of benzene rings is 1. The van der Waals surface area contributed by atoms with Crippen LogP contribution in [0.3, 0.4) is 0 Å². The van der Waals surface area contributed by atoms with Crippen LogP contribution in [0.2, 0.25) is 0 Å². The third-order valence-corrected chi connectivity index (χ3v) is 6.20. The van der Waals surface area contributed by atoms with E-state index in [0.717, 1.165) is 12.4 Å². The Bertz CT molecular complexity index is 1420. The van der Waals surface area contributed by atoms with Gasteiger partial charge in [-0.2, -0.15) is 0 Å². The van der Waals surface area contributed by atoms with E-state index in [2.05, 4.69) is 20.3 Å². The lowest BCUT2D eigenvalue weighted by molar-refractivity contribution is 0.0860. The van der Waals surface area contributed by atoms with Crippen LogP contribution < -0.4 is 10.1 Å². The number of pyridine rings is 1. The molecular weight excluding hydrogens is 482 g/mol.